The zero-order chi connectivity index (χ0) is 22.7. The molecule has 4 rings (SSSR count). The van der Waals surface area contributed by atoms with E-state index in [9.17, 15) is 14.7 Å². The van der Waals surface area contributed by atoms with Gasteiger partial charge >= 0.3 is 5.97 Å². The van der Waals surface area contributed by atoms with E-state index >= 15 is 0 Å². The standard InChI is InChI=1S/C25H21N3O4/c1-2-32-25(31)16-8-11-18(12-9-16)27-22(15-6-4-3-5-7-15)21-19-13-10-17(23(26)29)14-20(19)28-24(21)30/h3-14,28,30H,2H2,1H3,(H2,26,29). The SMILES string of the molecule is CCOC(=O)c1ccc(N=C(c2ccccc2)c2c(O)[nH]c3cc(C(N)=O)ccc23)cc1. The minimum atomic E-state index is -0.554. The van der Waals surface area contributed by atoms with Gasteiger partial charge in [0.15, 0.2) is 5.88 Å². The molecule has 4 aromatic rings. The minimum absolute atomic E-state index is 0.0765. The molecule has 1 amide bonds. The van der Waals surface area contributed by atoms with Crippen LogP contribution < -0.4 is 5.73 Å². The van der Waals surface area contributed by atoms with Crippen molar-refractivity contribution in [2.24, 2.45) is 10.7 Å². The summed E-state index contributed by atoms with van der Waals surface area (Å²) >= 11 is 0. The van der Waals surface area contributed by atoms with Crippen LogP contribution in [-0.2, 0) is 4.74 Å². The summed E-state index contributed by atoms with van der Waals surface area (Å²) in [5.41, 5.74) is 9.13. The lowest BCUT2D eigenvalue weighted by Crippen LogP contribution is -2.10. The molecule has 0 unspecified atom stereocenters. The molecule has 0 fully saturated rings. The van der Waals surface area contributed by atoms with Crippen LogP contribution in [0.1, 0.15) is 38.8 Å². The lowest BCUT2D eigenvalue weighted by atomic mass is 10.00. The lowest BCUT2D eigenvalue weighted by Gasteiger charge is -2.08. The van der Waals surface area contributed by atoms with E-state index in [-0.39, 0.29) is 5.88 Å². The first-order chi connectivity index (χ1) is 15.5. The highest BCUT2D eigenvalue weighted by molar-refractivity contribution is 6.22. The zero-order valence-electron chi connectivity index (χ0n) is 17.3. The third-order valence-electron chi connectivity index (χ3n) is 4.97. The molecule has 4 N–H and O–H groups in total. The molecular weight excluding hydrogens is 406 g/mol. The molecule has 1 heterocycles. The fourth-order valence-corrected chi connectivity index (χ4v) is 3.45. The number of carbonyl (C=O) groups is 2. The molecule has 0 saturated heterocycles. The fourth-order valence-electron chi connectivity index (χ4n) is 3.45. The number of nitrogens with two attached hydrogens (primary N) is 1. The second kappa shape index (κ2) is 8.77. The number of aromatic nitrogens is 1. The Morgan fingerprint density at radius 3 is 2.31 bits per heavy atom. The van der Waals surface area contributed by atoms with Gasteiger partial charge in [-0.05, 0) is 43.3 Å². The predicted octanol–water partition coefficient (Wildman–Crippen LogP) is 4.32. The number of primary amides is 1. The van der Waals surface area contributed by atoms with Crippen molar-refractivity contribution in [1.29, 1.82) is 0 Å². The van der Waals surface area contributed by atoms with Crippen molar-refractivity contribution in [1.82, 2.24) is 4.98 Å². The van der Waals surface area contributed by atoms with Crippen molar-refractivity contribution in [3.63, 3.8) is 0 Å². The monoisotopic (exact) mass is 427 g/mol. The van der Waals surface area contributed by atoms with Crippen LogP contribution in [-0.4, -0.2) is 34.3 Å². The van der Waals surface area contributed by atoms with Gasteiger partial charge in [-0.3, -0.25) is 4.79 Å². The highest BCUT2D eigenvalue weighted by Crippen LogP contribution is 2.32. The molecule has 3 aromatic carbocycles. The first-order valence-corrected chi connectivity index (χ1v) is 10.0. The van der Waals surface area contributed by atoms with Crippen LogP contribution in [0.5, 0.6) is 5.88 Å². The van der Waals surface area contributed by atoms with Gasteiger partial charge in [-0.15, -0.1) is 0 Å². The number of nitrogens with one attached hydrogen (secondary N) is 1. The molecule has 32 heavy (non-hydrogen) atoms. The van der Waals surface area contributed by atoms with Gasteiger partial charge in [0.25, 0.3) is 0 Å². The Balaban J connectivity index is 1.85. The first kappa shape index (κ1) is 20.9. The zero-order valence-corrected chi connectivity index (χ0v) is 17.3. The minimum Gasteiger partial charge on any atom is -0.494 e. The number of carbonyl (C=O) groups excluding carboxylic acids is 2. The maximum absolute atomic E-state index is 11.9. The Morgan fingerprint density at radius 1 is 0.969 bits per heavy atom. The highest BCUT2D eigenvalue weighted by Gasteiger charge is 2.19. The molecule has 0 radical (unpaired) electrons. The molecule has 1 aromatic heterocycles. The topological polar surface area (TPSA) is 118 Å². The molecular formula is C25H21N3O4. The summed E-state index contributed by atoms with van der Waals surface area (Å²) in [6, 6.07) is 21.1. The number of benzene rings is 3. The second-order valence-corrected chi connectivity index (χ2v) is 7.07. The maximum atomic E-state index is 11.9. The van der Waals surface area contributed by atoms with Crippen LogP contribution in [0.25, 0.3) is 10.9 Å². The van der Waals surface area contributed by atoms with Gasteiger partial charge in [0, 0.05) is 22.0 Å². The summed E-state index contributed by atoms with van der Waals surface area (Å²) < 4.78 is 5.02. The number of amides is 1. The van der Waals surface area contributed by atoms with Crippen LogP contribution >= 0.6 is 0 Å². The molecule has 7 nitrogen and oxygen atoms in total. The molecule has 0 aliphatic rings. The molecule has 0 saturated carbocycles. The van der Waals surface area contributed by atoms with Crippen molar-refractivity contribution < 1.29 is 19.4 Å². The average molecular weight is 427 g/mol. The largest absolute Gasteiger partial charge is 0.494 e. The summed E-state index contributed by atoms with van der Waals surface area (Å²) in [5, 5.41) is 11.4. The molecule has 0 atom stereocenters. The number of fused-ring (bicyclic) bond motifs is 1. The number of nitrogens with zero attached hydrogens (tertiary/aromatic N) is 1. The summed E-state index contributed by atoms with van der Waals surface area (Å²) in [6.07, 6.45) is 0. The van der Waals surface area contributed by atoms with E-state index in [0.717, 1.165) is 5.56 Å². The van der Waals surface area contributed by atoms with E-state index in [2.05, 4.69) is 4.98 Å². The number of aromatic hydroxyl groups is 1. The van der Waals surface area contributed by atoms with Crippen molar-refractivity contribution in [2.75, 3.05) is 6.61 Å². The van der Waals surface area contributed by atoms with Crippen LogP contribution in [0, 0.1) is 0 Å². The van der Waals surface area contributed by atoms with Gasteiger partial charge in [0.1, 0.15) is 0 Å². The van der Waals surface area contributed by atoms with Crippen molar-refractivity contribution in [3.8, 4) is 5.88 Å². The van der Waals surface area contributed by atoms with Crippen LogP contribution in [0.15, 0.2) is 77.8 Å². The van der Waals surface area contributed by atoms with Gasteiger partial charge in [-0.25, -0.2) is 9.79 Å². The Hall–Kier alpha value is -4.39. The molecule has 0 aliphatic carbocycles. The van der Waals surface area contributed by atoms with E-state index in [1.807, 2.05) is 30.3 Å². The van der Waals surface area contributed by atoms with Gasteiger partial charge in [0.2, 0.25) is 5.91 Å². The Bertz CT molecular complexity index is 1320. The fraction of sp³-hybridized carbons (Fsp3) is 0.0800. The first-order valence-electron chi connectivity index (χ1n) is 10.0. The number of ether oxygens (including phenoxy) is 1. The number of aliphatic imine (C=N–C) groups is 1. The molecule has 7 heteroatoms. The smallest absolute Gasteiger partial charge is 0.338 e. The van der Waals surface area contributed by atoms with E-state index in [4.69, 9.17) is 15.5 Å². The van der Waals surface area contributed by atoms with Gasteiger partial charge in [-0.1, -0.05) is 36.4 Å². The Morgan fingerprint density at radius 2 is 1.66 bits per heavy atom. The Kier molecular flexibility index (Phi) is 5.72. The van der Waals surface area contributed by atoms with E-state index in [1.165, 1.54) is 0 Å². The van der Waals surface area contributed by atoms with E-state index in [1.54, 1.807) is 49.4 Å². The van der Waals surface area contributed by atoms with E-state index in [0.29, 0.717) is 45.6 Å². The number of hydrogen-bond acceptors (Lipinski definition) is 5. The van der Waals surface area contributed by atoms with Gasteiger partial charge in [-0.2, -0.15) is 0 Å². The van der Waals surface area contributed by atoms with Crippen molar-refractivity contribution in [3.05, 3.63) is 95.1 Å². The number of H-pyrrole nitrogens is 1. The third-order valence-corrected chi connectivity index (χ3v) is 4.97. The lowest BCUT2D eigenvalue weighted by molar-refractivity contribution is 0.0526. The quantitative estimate of drug-likeness (QED) is 0.314. The summed E-state index contributed by atoms with van der Waals surface area (Å²) in [6.45, 7) is 2.05. The second-order valence-electron chi connectivity index (χ2n) is 7.07. The van der Waals surface area contributed by atoms with Crippen LogP contribution in [0.4, 0.5) is 5.69 Å². The molecule has 0 aliphatic heterocycles. The van der Waals surface area contributed by atoms with E-state index < -0.39 is 11.9 Å². The van der Waals surface area contributed by atoms with Gasteiger partial charge in [0.05, 0.1) is 29.1 Å². The summed E-state index contributed by atoms with van der Waals surface area (Å²) in [5.74, 6) is -1.03. The average Bonchev–Trinajstić information content (AvgIpc) is 3.13. The van der Waals surface area contributed by atoms with Crippen molar-refractivity contribution in [2.45, 2.75) is 6.92 Å². The van der Waals surface area contributed by atoms with Gasteiger partial charge < -0.3 is 20.6 Å². The van der Waals surface area contributed by atoms with Crippen LogP contribution in [0.2, 0.25) is 0 Å². The highest BCUT2D eigenvalue weighted by atomic mass is 16.5. The molecule has 160 valence electrons. The number of hydrogen-bond donors (Lipinski definition) is 3. The number of esters is 1. The molecule has 0 spiro atoms. The predicted molar refractivity (Wildman–Crippen MR) is 123 cm³/mol. The summed E-state index contributed by atoms with van der Waals surface area (Å²) in [4.78, 5) is 31.1. The number of rotatable bonds is 6. The number of aromatic amines is 1. The maximum Gasteiger partial charge on any atom is 0.338 e. The normalized spacial score (nSPS) is 11.5. The third kappa shape index (κ3) is 4.09. The molecule has 0 bridgehead atoms. The van der Waals surface area contributed by atoms with Crippen LogP contribution in [0.3, 0.4) is 0 Å². The van der Waals surface area contributed by atoms with Crippen molar-refractivity contribution >= 4 is 34.2 Å². The Labute approximate surface area is 184 Å². The summed E-state index contributed by atoms with van der Waals surface area (Å²) in [7, 11) is 0.